The zero-order valence-corrected chi connectivity index (χ0v) is 23.7. The molecule has 4 nitrogen and oxygen atoms in total. The van der Waals surface area contributed by atoms with Crippen LogP contribution >= 0.6 is 11.6 Å². The van der Waals surface area contributed by atoms with E-state index in [1.807, 2.05) is 63.2 Å². The first-order valence-electron chi connectivity index (χ1n) is 12.9. The van der Waals surface area contributed by atoms with Crippen molar-refractivity contribution in [3.63, 3.8) is 0 Å². The van der Waals surface area contributed by atoms with Crippen molar-refractivity contribution >= 4 is 40.4 Å². The van der Waals surface area contributed by atoms with Crippen LogP contribution in [0, 0.1) is 12.8 Å². The summed E-state index contributed by atoms with van der Waals surface area (Å²) in [4.78, 5) is 12.4. The number of hydrogen-bond acceptors (Lipinski definition) is 3. The number of aromatic amines is 1. The molecule has 3 aromatic carbocycles. The Morgan fingerprint density at radius 2 is 1.59 bits per heavy atom. The molecule has 37 heavy (non-hydrogen) atoms. The number of carbonyl (C=O) groups is 1. The highest BCUT2D eigenvalue weighted by Gasteiger charge is 2.25. The number of para-hydroxylation sites is 1. The van der Waals surface area contributed by atoms with E-state index in [0.29, 0.717) is 11.7 Å². The molecule has 0 bridgehead atoms. The van der Waals surface area contributed by atoms with Crippen LogP contribution in [0.3, 0.4) is 0 Å². The fraction of sp³-hybridized carbons (Fsp3) is 0.312. The number of carbonyl (C=O) groups excluding carboxylic acids is 1. The Bertz CT molecular complexity index is 1220. The minimum absolute atomic E-state index is 0.370. The lowest BCUT2D eigenvalue weighted by atomic mass is 10.1. The van der Waals surface area contributed by atoms with Crippen molar-refractivity contribution in [3.05, 3.63) is 100 Å². The van der Waals surface area contributed by atoms with Gasteiger partial charge in [-0.25, -0.2) is 0 Å². The number of aryl methyl sites for hydroxylation is 1. The number of hydrogen-bond donors (Lipinski definition) is 1. The number of nitrogens with one attached hydrogen (secondary N) is 1. The number of H-pyrrole nitrogens is 1. The van der Waals surface area contributed by atoms with Crippen LogP contribution in [-0.4, -0.2) is 35.0 Å². The van der Waals surface area contributed by atoms with E-state index in [0.717, 1.165) is 41.0 Å². The molecule has 5 heteroatoms. The number of Topliss-reactive ketones (excluding diaryl/α,β-unsaturated/α-hetero) is 1. The van der Waals surface area contributed by atoms with Crippen molar-refractivity contribution in [3.8, 4) is 0 Å². The standard InChI is InChI=1S/C18H19N3.C7H7Cl.C5H8O.C2H6/c1-21(2)13-15-9-7-14(8-10-15)11-12-18-16-5-3-4-6-17(16)19-20-18;1-6-2-4-7(8)5-3-6;1-4(6)5-2-3-5;1-2/h3-12H,13H2,1-2H3,(H,19,20);2-5H,1H3;5H,2-3H2,1H3;1-2H3/b12-11+;;;. The molecule has 1 heterocycles. The molecule has 1 aliphatic rings. The average molecular weight is 518 g/mol. The Hall–Kier alpha value is -3.21. The highest BCUT2D eigenvalue weighted by Crippen LogP contribution is 2.29. The summed E-state index contributed by atoms with van der Waals surface area (Å²) in [6.45, 7) is 8.67. The molecular weight excluding hydrogens is 478 g/mol. The molecule has 1 saturated carbocycles. The largest absolute Gasteiger partial charge is 0.305 e. The zero-order valence-electron chi connectivity index (χ0n) is 23.0. The van der Waals surface area contributed by atoms with E-state index in [2.05, 4.69) is 71.7 Å². The van der Waals surface area contributed by atoms with Gasteiger partial charge in [-0.2, -0.15) is 5.10 Å². The van der Waals surface area contributed by atoms with Gasteiger partial charge in [-0.15, -0.1) is 0 Å². The van der Waals surface area contributed by atoms with Crippen molar-refractivity contribution in [1.29, 1.82) is 0 Å². The second-order valence-electron chi connectivity index (χ2n) is 9.15. The monoisotopic (exact) mass is 517 g/mol. The van der Waals surface area contributed by atoms with Crippen LogP contribution in [0.2, 0.25) is 5.02 Å². The van der Waals surface area contributed by atoms with Crippen LogP contribution in [0.1, 0.15) is 56.0 Å². The summed E-state index contributed by atoms with van der Waals surface area (Å²) in [6.07, 6.45) is 6.45. The molecule has 0 aliphatic heterocycles. The van der Waals surface area contributed by atoms with E-state index in [9.17, 15) is 4.79 Å². The van der Waals surface area contributed by atoms with E-state index in [4.69, 9.17) is 11.6 Å². The van der Waals surface area contributed by atoms with Crippen molar-refractivity contribution in [1.82, 2.24) is 15.1 Å². The van der Waals surface area contributed by atoms with Gasteiger partial charge in [0.1, 0.15) is 5.78 Å². The minimum Gasteiger partial charge on any atom is -0.305 e. The Labute approximate surface area is 227 Å². The molecule has 1 aromatic heterocycles. The molecule has 0 saturated heterocycles. The number of halogens is 1. The minimum atomic E-state index is 0.370. The third-order valence-electron chi connectivity index (χ3n) is 5.58. The molecule has 4 aromatic rings. The number of aromatic nitrogens is 2. The van der Waals surface area contributed by atoms with E-state index in [1.165, 1.54) is 16.7 Å². The lowest BCUT2D eigenvalue weighted by Gasteiger charge is -2.09. The number of fused-ring (bicyclic) bond motifs is 1. The zero-order chi connectivity index (χ0) is 27.2. The van der Waals surface area contributed by atoms with Crippen LogP contribution in [0.4, 0.5) is 0 Å². The molecule has 1 N–H and O–H groups in total. The Kier molecular flexibility index (Phi) is 12.8. The third-order valence-corrected chi connectivity index (χ3v) is 5.83. The molecule has 0 spiro atoms. The van der Waals surface area contributed by atoms with Crippen LogP contribution in [-0.2, 0) is 11.3 Å². The van der Waals surface area contributed by atoms with Gasteiger partial charge >= 0.3 is 0 Å². The van der Waals surface area contributed by atoms with Crippen molar-refractivity contribution in [2.75, 3.05) is 14.1 Å². The van der Waals surface area contributed by atoms with Gasteiger partial charge in [0.2, 0.25) is 0 Å². The molecule has 0 unspecified atom stereocenters. The first-order chi connectivity index (χ1) is 17.8. The fourth-order valence-electron chi connectivity index (χ4n) is 3.41. The van der Waals surface area contributed by atoms with Gasteiger partial charge in [0, 0.05) is 22.9 Å². The predicted octanol–water partition coefficient (Wildman–Crippen LogP) is 8.45. The fourth-order valence-corrected chi connectivity index (χ4v) is 3.54. The second-order valence-corrected chi connectivity index (χ2v) is 9.58. The van der Waals surface area contributed by atoms with E-state index >= 15 is 0 Å². The van der Waals surface area contributed by atoms with Gasteiger partial charge in [0.25, 0.3) is 0 Å². The normalized spacial score (nSPS) is 12.2. The third kappa shape index (κ3) is 11.2. The number of nitrogens with zero attached hydrogens (tertiary/aromatic N) is 2. The smallest absolute Gasteiger partial charge is 0.132 e. The number of ketones is 1. The van der Waals surface area contributed by atoms with Crippen LogP contribution in [0.15, 0.2) is 72.8 Å². The van der Waals surface area contributed by atoms with E-state index < -0.39 is 0 Å². The molecule has 1 aliphatic carbocycles. The predicted molar refractivity (Wildman–Crippen MR) is 160 cm³/mol. The maximum absolute atomic E-state index is 10.2. The van der Waals surface area contributed by atoms with Gasteiger partial charge in [-0.05, 0) is 76.2 Å². The maximum Gasteiger partial charge on any atom is 0.132 e. The summed E-state index contributed by atoms with van der Waals surface area (Å²) < 4.78 is 0. The van der Waals surface area contributed by atoms with Crippen molar-refractivity contribution in [2.24, 2.45) is 5.92 Å². The van der Waals surface area contributed by atoms with Gasteiger partial charge in [0.05, 0.1) is 11.2 Å². The SMILES string of the molecule is CC.CC(=O)C1CC1.CN(C)Cc1ccc(/C=C/c2n[nH]c3ccccc23)cc1.Cc1ccc(Cl)cc1. The van der Waals surface area contributed by atoms with Crippen molar-refractivity contribution in [2.45, 2.75) is 47.1 Å². The van der Waals surface area contributed by atoms with Crippen LogP contribution < -0.4 is 0 Å². The summed E-state index contributed by atoms with van der Waals surface area (Å²) in [5, 5.41) is 9.35. The summed E-state index contributed by atoms with van der Waals surface area (Å²) >= 11 is 5.61. The lowest BCUT2D eigenvalue weighted by molar-refractivity contribution is -0.118. The Morgan fingerprint density at radius 3 is 2.11 bits per heavy atom. The molecular formula is C32H40ClN3O. The maximum atomic E-state index is 10.2. The molecule has 196 valence electrons. The first kappa shape index (κ1) is 30.0. The summed E-state index contributed by atoms with van der Waals surface area (Å²) in [7, 11) is 4.16. The van der Waals surface area contributed by atoms with Gasteiger partial charge in [-0.3, -0.25) is 9.89 Å². The lowest BCUT2D eigenvalue weighted by Crippen LogP contribution is -2.10. The van der Waals surface area contributed by atoms with Gasteiger partial charge < -0.3 is 4.90 Å². The van der Waals surface area contributed by atoms with E-state index in [-0.39, 0.29) is 0 Å². The Balaban J connectivity index is 0.000000245. The number of benzene rings is 3. The summed E-state index contributed by atoms with van der Waals surface area (Å²) in [5.41, 5.74) is 5.79. The number of rotatable bonds is 5. The first-order valence-corrected chi connectivity index (χ1v) is 13.3. The summed E-state index contributed by atoms with van der Waals surface area (Å²) in [5.74, 6) is 0.833. The molecule has 1 fully saturated rings. The van der Waals surface area contributed by atoms with Gasteiger partial charge in [0.15, 0.2) is 0 Å². The quantitative estimate of drug-likeness (QED) is 0.289. The van der Waals surface area contributed by atoms with Crippen LogP contribution in [0.5, 0.6) is 0 Å². The van der Waals surface area contributed by atoms with Gasteiger partial charge in [-0.1, -0.05) is 91.7 Å². The summed E-state index contributed by atoms with van der Waals surface area (Å²) in [6, 6.07) is 24.5. The van der Waals surface area contributed by atoms with E-state index in [1.54, 1.807) is 6.92 Å². The topological polar surface area (TPSA) is 49.0 Å². The molecule has 5 rings (SSSR count). The highest BCUT2D eigenvalue weighted by atomic mass is 35.5. The highest BCUT2D eigenvalue weighted by molar-refractivity contribution is 6.30. The Morgan fingerprint density at radius 1 is 0.973 bits per heavy atom. The second kappa shape index (κ2) is 15.8. The average Bonchev–Trinajstić information content (AvgIpc) is 3.68. The molecule has 0 amide bonds. The molecule has 0 atom stereocenters. The molecule has 0 radical (unpaired) electrons. The van der Waals surface area contributed by atoms with Crippen molar-refractivity contribution < 1.29 is 4.79 Å². The van der Waals surface area contributed by atoms with Crippen LogP contribution in [0.25, 0.3) is 23.1 Å².